The van der Waals surface area contributed by atoms with Crippen molar-refractivity contribution in [3.63, 3.8) is 0 Å². The summed E-state index contributed by atoms with van der Waals surface area (Å²) in [5.74, 6) is -0.977. The van der Waals surface area contributed by atoms with Gasteiger partial charge in [-0.2, -0.15) is 5.10 Å². The highest BCUT2D eigenvalue weighted by atomic mass is 19.1. The standard InChI is InChI=1S/C24H20FN3O5/c1-3-32-23(29)14-33-21-9-6-16(25)12-18(21)24(30)19-10-11-28-22(26-19)13-20(27-28)15-4-7-17(31-2)8-5-15/h4-13H,3,14H2,1-2H3. The topological polar surface area (TPSA) is 92.0 Å². The molecule has 4 aromatic rings. The first-order valence-corrected chi connectivity index (χ1v) is 10.1. The molecule has 2 heterocycles. The maximum Gasteiger partial charge on any atom is 0.344 e. The number of carbonyl (C=O) groups excluding carboxylic acids is 2. The lowest BCUT2D eigenvalue weighted by Gasteiger charge is -2.10. The van der Waals surface area contributed by atoms with Crippen molar-refractivity contribution >= 4 is 17.4 Å². The Labute approximate surface area is 188 Å². The third kappa shape index (κ3) is 4.82. The van der Waals surface area contributed by atoms with Crippen LogP contribution in [-0.4, -0.2) is 46.7 Å². The monoisotopic (exact) mass is 449 g/mol. The number of esters is 1. The molecule has 4 rings (SSSR count). The molecule has 168 valence electrons. The van der Waals surface area contributed by atoms with Crippen molar-refractivity contribution in [2.24, 2.45) is 0 Å². The van der Waals surface area contributed by atoms with Crippen molar-refractivity contribution < 1.29 is 28.2 Å². The van der Waals surface area contributed by atoms with Gasteiger partial charge in [0.05, 0.1) is 25.0 Å². The Balaban J connectivity index is 1.63. The summed E-state index contributed by atoms with van der Waals surface area (Å²) in [6, 6.07) is 14.1. The quantitative estimate of drug-likeness (QED) is 0.299. The summed E-state index contributed by atoms with van der Waals surface area (Å²) in [5, 5.41) is 4.48. The summed E-state index contributed by atoms with van der Waals surface area (Å²) >= 11 is 0. The maximum atomic E-state index is 13.9. The molecule has 0 saturated heterocycles. The van der Waals surface area contributed by atoms with E-state index in [9.17, 15) is 14.0 Å². The first-order valence-electron chi connectivity index (χ1n) is 10.1. The number of methoxy groups -OCH3 is 1. The molecule has 0 N–H and O–H groups in total. The number of halogens is 1. The summed E-state index contributed by atoms with van der Waals surface area (Å²) in [6.07, 6.45) is 1.60. The van der Waals surface area contributed by atoms with Gasteiger partial charge >= 0.3 is 5.97 Å². The molecular formula is C24H20FN3O5. The highest BCUT2D eigenvalue weighted by Gasteiger charge is 2.19. The molecule has 9 heteroatoms. The fourth-order valence-electron chi connectivity index (χ4n) is 3.19. The molecule has 0 atom stereocenters. The van der Waals surface area contributed by atoms with Crippen LogP contribution in [0.4, 0.5) is 4.39 Å². The molecule has 0 radical (unpaired) electrons. The molecule has 0 unspecified atom stereocenters. The smallest absolute Gasteiger partial charge is 0.344 e. The Morgan fingerprint density at radius 2 is 1.85 bits per heavy atom. The van der Waals surface area contributed by atoms with E-state index in [0.717, 1.165) is 23.4 Å². The summed E-state index contributed by atoms with van der Waals surface area (Å²) < 4.78 is 30.8. The molecule has 0 bridgehead atoms. The number of hydrogen-bond donors (Lipinski definition) is 0. The first-order chi connectivity index (χ1) is 16.0. The van der Waals surface area contributed by atoms with Crippen LogP contribution >= 0.6 is 0 Å². The van der Waals surface area contributed by atoms with Gasteiger partial charge in [0.15, 0.2) is 12.3 Å². The number of ether oxygens (including phenoxy) is 3. The molecule has 0 fully saturated rings. The largest absolute Gasteiger partial charge is 0.497 e. The lowest BCUT2D eigenvalue weighted by atomic mass is 10.1. The second-order valence-electron chi connectivity index (χ2n) is 6.94. The van der Waals surface area contributed by atoms with Gasteiger partial charge in [0.1, 0.15) is 23.0 Å². The number of benzene rings is 2. The predicted octanol–water partition coefficient (Wildman–Crippen LogP) is 3.72. The molecule has 2 aromatic carbocycles. The molecule has 2 aromatic heterocycles. The Morgan fingerprint density at radius 3 is 2.58 bits per heavy atom. The zero-order valence-electron chi connectivity index (χ0n) is 17.9. The van der Waals surface area contributed by atoms with Crippen molar-refractivity contribution in [2.45, 2.75) is 6.92 Å². The van der Waals surface area contributed by atoms with Gasteiger partial charge in [0.25, 0.3) is 0 Å². The fourth-order valence-corrected chi connectivity index (χ4v) is 3.19. The average molecular weight is 449 g/mol. The van der Waals surface area contributed by atoms with Gasteiger partial charge in [-0.15, -0.1) is 0 Å². The minimum absolute atomic E-state index is 0.0500. The summed E-state index contributed by atoms with van der Waals surface area (Å²) in [4.78, 5) is 29.1. The van der Waals surface area contributed by atoms with Crippen LogP contribution in [0.15, 0.2) is 60.8 Å². The van der Waals surface area contributed by atoms with E-state index in [2.05, 4.69) is 10.1 Å². The van der Waals surface area contributed by atoms with E-state index in [0.29, 0.717) is 11.3 Å². The molecule has 0 aliphatic carbocycles. The minimum atomic E-state index is -0.617. The molecule has 0 amide bonds. The van der Waals surface area contributed by atoms with Crippen molar-refractivity contribution in [2.75, 3.05) is 20.3 Å². The zero-order valence-corrected chi connectivity index (χ0v) is 17.9. The van der Waals surface area contributed by atoms with Crippen LogP contribution in [0.2, 0.25) is 0 Å². The Bertz CT molecular complexity index is 1320. The first kappa shape index (κ1) is 21.9. The van der Waals surface area contributed by atoms with Gasteiger partial charge in [-0.1, -0.05) is 0 Å². The van der Waals surface area contributed by atoms with Gasteiger partial charge in [0, 0.05) is 17.8 Å². The van der Waals surface area contributed by atoms with Crippen LogP contribution in [0, 0.1) is 5.82 Å². The average Bonchev–Trinajstić information content (AvgIpc) is 3.26. The Hall–Kier alpha value is -4.27. The number of carbonyl (C=O) groups is 2. The molecule has 0 spiro atoms. The van der Waals surface area contributed by atoms with Crippen molar-refractivity contribution in [3.05, 3.63) is 77.9 Å². The van der Waals surface area contributed by atoms with Crippen LogP contribution in [0.5, 0.6) is 11.5 Å². The second kappa shape index (κ2) is 9.47. The number of aromatic nitrogens is 3. The fraction of sp³-hybridized carbons (Fsp3) is 0.167. The van der Waals surface area contributed by atoms with Crippen molar-refractivity contribution in [3.8, 4) is 22.8 Å². The number of ketones is 1. The zero-order chi connectivity index (χ0) is 23.4. The van der Waals surface area contributed by atoms with Gasteiger partial charge < -0.3 is 14.2 Å². The van der Waals surface area contributed by atoms with Crippen molar-refractivity contribution in [1.29, 1.82) is 0 Å². The molecule has 33 heavy (non-hydrogen) atoms. The Kier molecular flexibility index (Phi) is 6.30. The van der Waals surface area contributed by atoms with Crippen LogP contribution in [0.3, 0.4) is 0 Å². The van der Waals surface area contributed by atoms with Crippen LogP contribution < -0.4 is 9.47 Å². The van der Waals surface area contributed by atoms with Crippen LogP contribution in [0.1, 0.15) is 23.0 Å². The van der Waals surface area contributed by atoms with E-state index >= 15 is 0 Å². The van der Waals surface area contributed by atoms with Gasteiger partial charge in [-0.3, -0.25) is 4.79 Å². The second-order valence-corrected chi connectivity index (χ2v) is 6.94. The number of nitrogens with zero attached hydrogens (tertiary/aromatic N) is 3. The van der Waals surface area contributed by atoms with E-state index in [4.69, 9.17) is 14.2 Å². The molecule has 0 saturated carbocycles. The van der Waals surface area contributed by atoms with Crippen LogP contribution in [0.25, 0.3) is 16.9 Å². The van der Waals surface area contributed by atoms with E-state index < -0.39 is 24.2 Å². The normalized spacial score (nSPS) is 10.8. The van der Waals surface area contributed by atoms with E-state index in [1.54, 1.807) is 30.8 Å². The third-order valence-corrected chi connectivity index (χ3v) is 4.78. The van der Waals surface area contributed by atoms with E-state index in [-0.39, 0.29) is 23.6 Å². The number of fused-ring (bicyclic) bond motifs is 1. The lowest BCUT2D eigenvalue weighted by molar-refractivity contribution is -0.145. The molecule has 0 aliphatic rings. The molecule has 8 nitrogen and oxygen atoms in total. The maximum absolute atomic E-state index is 13.9. The summed E-state index contributed by atoms with van der Waals surface area (Å²) in [6.45, 7) is 1.47. The van der Waals surface area contributed by atoms with E-state index in [1.165, 1.54) is 12.1 Å². The highest BCUT2D eigenvalue weighted by molar-refractivity contribution is 6.09. The summed E-state index contributed by atoms with van der Waals surface area (Å²) in [5.41, 5.74) is 1.99. The number of hydrogen-bond acceptors (Lipinski definition) is 7. The van der Waals surface area contributed by atoms with Gasteiger partial charge in [-0.25, -0.2) is 18.7 Å². The predicted molar refractivity (Wildman–Crippen MR) is 117 cm³/mol. The van der Waals surface area contributed by atoms with Gasteiger partial charge in [-0.05, 0) is 55.5 Å². The summed E-state index contributed by atoms with van der Waals surface area (Å²) in [7, 11) is 1.59. The molecular weight excluding hydrogens is 429 g/mol. The molecule has 0 aliphatic heterocycles. The number of rotatable bonds is 8. The van der Waals surface area contributed by atoms with Crippen molar-refractivity contribution in [1.82, 2.24) is 14.6 Å². The SMILES string of the molecule is CCOC(=O)COc1ccc(F)cc1C(=O)c1ccn2nc(-c3ccc(OC)cc3)cc2n1. The van der Waals surface area contributed by atoms with Crippen LogP contribution in [-0.2, 0) is 9.53 Å². The third-order valence-electron chi connectivity index (χ3n) is 4.78. The van der Waals surface area contributed by atoms with Gasteiger partial charge in [0.2, 0.25) is 5.78 Å². The lowest BCUT2D eigenvalue weighted by Crippen LogP contribution is -2.16. The Morgan fingerprint density at radius 1 is 1.06 bits per heavy atom. The minimum Gasteiger partial charge on any atom is -0.497 e. The highest BCUT2D eigenvalue weighted by Crippen LogP contribution is 2.25. The van der Waals surface area contributed by atoms with E-state index in [1.807, 2.05) is 24.3 Å².